The Kier molecular flexibility index (Phi) is 6.79. The third kappa shape index (κ3) is 5.02. The SMILES string of the molecule is Cc1cc(C)cc(CC(/N=C2/SCCN2C(=O)S)c2cccc(Cl)c2Cl)c1. The Balaban J connectivity index is 2.03. The van der Waals surface area contributed by atoms with Crippen LogP contribution in [-0.4, -0.2) is 27.6 Å². The second-order valence-electron chi connectivity index (χ2n) is 6.55. The van der Waals surface area contributed by atoms with Crippen molar-refractivity contribution in [2.45, 2.75) is 26.3 Å². The monoisotopic (exact) mass is 438 g/mol. The van der Waals surface area contributed by atoms with Gasteiger partial charge in [0.05, 0.1) is 16.1 Å². The molecule has 0 aliphatic carbocycles. The van der Waals surface area contributed by atoms with Gasteiger partial charge < -0.3 is 0 Å². The summed E-state index contributed by atoms with van der Waals surface area (Å²) in [5.41, 5.74) is 4.44. The van der Waals surface area contributed by atoms with E-state index < -0.39 is 0 Å². The van der Waals surface area contributed by atoms with Crippen molar-refractivity contribution >= 4 is 58.0 Å². The van der Waals surface area contributed by atoms with E-state index in [9.17, 15) is 4.79 Å². The molecule has 7 heteroatoms. The summed E-state index contributed by atoms with van der Waals surface area (Å²) < 4.78 is 0. The van der Waals surface area contributed by atoms with Crippen LogP contribution in [-0.2, 0) is 6.42 Å². The molecule has 0 saturated carbocycles. The highest BCUT2D eigenvalue weighted by Gasteiger charge is 2.26. The summed E-state index contributed by atoms with van der Waals surface area (Å²) in [5, 5.41) is 1.40. The quantitative estimate of drug-likeness (QED) is 0.563. The van der Waals surface area contributed by atoms with Gasteiger partial charge in [0.1, 0.15) is 0 Å². The molecule has 0 aromatic heterocycles. The summed E-state index contributed by atoms with van der Waals surface area (Å²) in [4.78, 5) is 18.3. The number of hydrogen-bond acceptors (Lipinski definition) is 3. The number of aliphatic imine (C=N–C) groups is 1. The van der Waals surface area contributed by atoms with Gasteiger partial charge in [-0.05, 0) is 37.5 Å². The van der Waals surface area contributed by atoms with Crippen LogP contribution in [0.5, 0.6) is 0 Å². The maximum atomic E-state index is 11.8. The van der Waals surface area contributed by atoms with Crippen molar-refractivity contribution < 1.29 is 4.79 Å². The Hall–Kier alpha value is -1.14. The molecule has 1 heterocycles. The van der Waals surface area contributed by atoms with E-state index in [1.165, 1.54) is 16.7 Å². The number of amidine groups is 1. The van der Waals surface area contributed by atoms with E-state index in [4.69, 9.17) is 28.2 Å². The highest BCUT2D eigenvalue weighted by Crippen LogP contribution is 2.35. The van der Waals surface area contributed by atoms with Crippen LogP contribution >= 0.6 is 47.6 Å². The Morgan fingerprint density at radius 3 is 2.63 bits per heavy atom. The minimum absolute atomic E-state index is 0.242. The Morgan fingerprint density at radius 1 is 1.26 bits per heavy atom. The van der Waals surface area contributed by atoms with E-state index in [1.807, 2.05) is 12.1 Å². The lowest BCUT2D eigenvalue weighted by Crippen LogP contribution is -2.27. The van der Waals surface area contributed by atoms with E-state index in [0.717, 1.165) is 11.3 Å². The van der Waals surface area contributed by atoms with Crippen LogP contribution in [0.4, 0.5) is 4.79 Å². The summed E-state index contributed by atoms with van der Waals surface area (Å²) >= 11 is 18.3. The molecule has 1 aliphatic heterocycles. The zero-order valence-electron chi connectivity index (χ0n) is 15.1. The molecule has 1 aliphatic rings. The molecule has 1 saturated heterocycles. The topological polar surface area (TPSA) is 32.7 Å². The van der Waals surface area contributed by atoms with Crippen LogP contribution in [0.25, 0.3) is 0 Å². The number of amides is 1. The van der Waals surface area contributed by atoms with Crippen molar-refractivity contribution in [2.75, 3.05) is 12.3 Å². The smallest absolute Gasteiger partial charge is 0.282 e. The fraction of sp³-hybridized carbons (Fsp3) is 0.300. The van der Waals surface area contributed by atoms with Gasteiger partial charge in [0, 0.05) is 12.3 Å². The normalized spacial score (nSPS) is 16.8. The van der Waals surface area contributed by atoms with Gasteiger partial charge in [-0.15, -0.1) is 0 Å². The van der Waals surface area contributed by atoms with E-state index in [2.05, 4.69) is 44.7 Å². The van der Waals surface area contributed by atoms with E-state index in [-0.39, 0.29) is 11.3 Å². The van der Waals surface area contributed by atoms with Gasteiger partial charge in [0.25, 0.3) is 5.24 Å². The molecule has 3 rings (SSSR count). The van der Waals surface area contributed by atoms with Gasteiger partial charge >= 0.3 is 0 Å². The summed E-state index contributed by atoms with van der Waals surface area (Å²) in [6.45, 7) is 4.78. The van der Waals surface area contributed by atoms with Crippen molar-refractivity contribution in [1.29, 1.82) is 0 Å². The maximum absolute atomic E-state index is 11.8. The molecule has 27 heavy (non-hydrogen) atoms. The molecule has 0 spiro atoms. The predicted molar refractivity (Wildman–Crippen MR) is 120 cm³/mol. The average molecular weight is 439 g/mol. The highest BCUT2D eigenvalue weighted by molar-refractivity contribution is 8.14. The number of carbonyl (C=O) groups excluding carboxylic acids is 1. The number of nitrogens with zero attached hydrogens (tertiary/aromatic N) is 2. The molecular formula is C20H20Cl2N2OS2. The number of benzene rings is 2. The van der Waals surface area contributed by atoms with Crippen LogP contribution in [0, 0.1) is 13.8 Å². The van der Waals surface area contributed by atoms with Crippen LogP contribution < -0.4 is 0 Å². The number of thiol groups is 1. The zero-order valence-corrected chi connectivity index (χ0v) is 18.3. The first-order chi connectivity index (χ1) is 12.8. The van der Waals surface area contributed by atoms with Gasteiger partial charge in [0.2, 0.25) is 0 Å². The van der Waals surface area contributed by atoms with Crippen LogP contribution in [0.2, 0.25) is 10.0 Å². The van der Waals surface area contributed by atoms with Crippen molar-refractivity contribution in [3.8, 4) is 0 Å². The fourth-order valence-electron chi connectivity index (χ4n) is 3.23. The van der Waals surface area contributed by atoms with Crippen molar-refractivity contribution in [2.24, 2.45) is 4.99 Å². The van der Waals surface area contributed by atoms with Crippen molar-refractivity contribution in [1.82, 2.24) is 4.90 Å². The molecule has 142 valence electrons. The fourth-order valence-corrected chi connectivity index (χ4v) is 4.92. The first-order valence-corrected chi connectivity index (χ1v) is 10.8. The summed E-state index contributed by atoms with van der Waals surface area (Å²) in [7, 11) is 0. The molecule has 0 radical (unpaired) electrons. The lowest BCUT2D eigenvalue weighted by molar-refractivity contribution is 0.247. The van der Waals surface area contributed by atoms with Crippen LogP contribution in [0.3, 0.4) is 0 Å². The molecule has 1 amide bonds. The Morgan fingerprint density at radius 2 is 1.96 bits per heavy atom. The number of halogens is 2. The van der Waals surface area contributed by atoms with E-state index >= 15 is 0 Å². The molecule has 3 nitrogen and oxygen atoms in total. The third-order valence-electron chi connectivity index (χ3n) is 4.33. The number of carbonyl (C=O) groups is 1. The number of aryl methyl sites for hydroxylation is 2. The lowest BCUT2D eigenvalue weighted by atomic mass is 9.97. The van der Waals surface area contributed by atoms with Gasteiger partial charge in [-0.1, -0.05) is 89.1 Å². The molecule has 2 aromatic carbocycles. The van der Waals surface area contributed by atoms with E-state index in [0.29, 0.717) is 28.2 Å². The van der Waals surface area contributed by atoms with Gasteiger partial charge in [-0.25, -0.2) is 0 Å². The van der Waals surface area contributed by atoms with Gasteiger partial charge in [0.15, 0.2) is 5.17 Å². The molecule has 1 fully saturated rings. The van der Waals surface area contributed by atoms with Gasteiger partial charge in [-0.3, -0.25) is 14.7 Å². The summed E-state index contributed by atoms with van der Waals surface area (Å²) in [6, 6.07) is 11.8. The molecule has 2 aromatic rings. The minimum Gasteiger partial charge on any atom is -0.282 e. The molecule has 0 N–H and O–H groups in total. The van der Waals surface area contributed by atoms with Crippen molar-refractivity contribution in [3.05, 3.63) is 68.7 Å². The van der Waals surface area contributed by atoms with E-state index in [1.54, 1.807) is 22.7 Å². The van der Waals surface area contributed by atoms with Gasteiger partial charge in [-0.2, -0.15) is 0 Å². The van der Waals surface area contributed by atoms with Crippen LogP contribution in [0.15, 0.2) is 41.4 Å². The molecule has 1 unspecified atom stereocenters. The Labute approximate surface area is 179 Å². The average Bonchev–Trinajstić information content (AvgIpc) is 3.04. The maximum Gasteiger partial charge on any atom is 0.284 e. The minimum atomic E-state index is -0.291. The summed E-state index contributed by atoms with van der Waals surface area (Å²) in [5.74, 6) is 0.810. The van der Waals surface area contributed by atoms with Crippen molar-refractivity contribution in [3.63, 3.8) is 0 Å². The zero-order chi connectivity index (χ0) is 19.6. The molecule has 0 bridgehead atoms. The standard InChI is InChI=1S/C20H20Cl2N2OS2/c1-12-8-13(2)10-14(9-12)11-17(15-4-3-5-16(21)18(15)22)23-19-24(20(25)26)6-7-27-19/h3-5,8-10,17H,6-7,11H2,1-2H3,(H,25,26)/b23-19+. The predicted octanol–water partition coefficient (Wildman–Crippen LogP) is 6.35. The first-order valence-electron chi connectivity index (χ1n) is 8.57. The van der Waals surface area contributed by atoms with Crippen LogP contribution in [0.1, 0.15) is 28.3 Å². The number of thioether (sulfide) groups is 1. The number of rotatable bonds is 4. The highest BCUT2D eigenvalue weighted by atomic mass is 35.5. The first kappa shape index (κ1) is 20.6. The second-order valence-corrected chi connectivity index (χ2v) is 8.78. The lowest BCUT2D eigenvalue weighted by Gasteiger charge is -2.19. The second kappa shape index (κ2) is 8.91. The largest absolute Gasteiger partial charge is 0.284 e. The molecular weight excluding hydrogens is 419 g/mol. The third-order valence-corrected chi connectivity index (χ3v) is 6.37. The molecule has 1 atom stereocenters. The number of hydrogen-bond donors (Lipinski definition) is 1. The Bertz CT molecular complexity index is 881. The summed E-state index contributed by atoms with van der Waals surface area (Å²) in [6.07, 6.45) is 0.668.